The fraction of sp³-hybridized carbons (Fsp3) is 0.409. The molecule has 27 heavy (non-hydrogen) atoms. The summed E-state index contributed by atoms with van der Waals surface area (Å²) in [6.07, 6.45) is 0. The van der Waals surface area contributed by atoms with Crippen LogP contribution in [0.25, 0.3) is 0 Å². The van der Waals surface area contributed by atoms with Crippen LogP contribution < -0.4 is 14.8 Å². The monoisotopic (exact) mass is 385 g/mol. The molecule has 1 aliphatic rings. The molecule has 1 N–H and O–H groups in total. The van der Waals surface area contributed by atoms with E-state index >= 15 is 0 Å². The van der Waals surface area contributed by atoms with Gasteiger partial charge in [-0.3, -0.25) is 4.79 Å². The third kappa shape index (κ3) is 5.19. The molecule has 0 aromatic heterocycles. The normalized spacial score (nSPS) is 15.3. The van der Waals surface area contributed by atoms with E-state index in [0.29, 0.717) is 13.2 Å². The zero-order valence-corrected chi connectivity index (χ0v) is 16.9. The summed E-state index contributed by atoms with van der Waals surface area (Å²) in [6, 6.07) is 16.0. The lowest BCUT2D eigenvalue weighted by Gasteiger charge is -2.24. The van der Waals surface area contributed by atoms with E-state index in [-0.39, 0.29) is 23.1 Å². The lowest BCUT2D eigenvalue weighted by atomic mass is 10.1. The standard InChI is InChI=1S/C22H27NO3S/c1-15(2)21(27-14-17-7-5-4-6-8-17)22(24)23-16(3)18-9-10-19-20(13-18)26-12-11-25-19/h4-10,13,15-16,21H,11-12,14H2,1-3H3,(H,23,24). The van der Waals surface area contributed by atoms with Gasteiger partial charge in [0, 0.05) is 5.75 Å². The van der Waals surface area contributed by atoms with Crippen molar-refractivity contribution in [3.8, 4) is 11.5 Å². The number of amides is 1. The van der Waals surface area contributed by atoms with E-state index in [4.69, 9.17) is 9.47 Å². The highest BCUT2D eigenvalue weighted by molar-refractivity contribution is 7.99. The highest BCUT2D eigenvalue weighted by Crippen LogP contribution is 2.33. The molecule has 0 aliphatic carbocycles. The van der Waals surface area contributed by atoms with Gasteiger partial charge in [0.25, 0.3) is 0 Å². The fourth-order valence-corrected chi connectivity index (χ4v) is 4.21. The van der Waals surface area contributed by atoms with Crippen LogP contribution in [0, 0.1) is 5.92 Å². The number of nitrogens with one attached hydrogen (secondary N) is 1. The summed E-state index contributed by atoms with van der Waals surface area (Å²) in [4.78, 5) is 12.9. The van der Waals surface area contributed by atoms with Gasteiger partial charge >= 0.3 is 0 Å². The molecule has 4 nitrogen and oxygen atoms in total. The minimum Gasteiger partial charge on any atom is -0.486 e. The van der Waals surface area contributed by atoms with Crippen molar-refractivity contribution in [2.75, 3.05) is 13.2 Å². The summed E-state index contributed by atoms with van der Waals surface area (Å²) in [7, 11) is 0. The number of hydrogen-bond acceptors (Lipinski definition) is 4. The van der Waals surface area contributed by atoms with Crippen molar-refractivity contribution in [3.05, 3.63) is 59.7 Å². The Morgan fingerprint density at radius 2 is 1.74 bits per heavy atom. The molecule has 1 heterocycles. The van der Waals surface area contributed by atoms with Gasteiger partial charge in [0.15, 0.2) is 11.5 Å². The second-order valence-electron chi connectivity index (χ2n) is 7.09. The Morgan fingerprint density at radius 1 is 1.04 bits per heavy atom. The molecule has 0 saturated carbocycles. The molecule has 3 rings (SSSR count). The van der Waals surface area contributed by atoms with E-state index in [2.05, 4.69) is 31.3 Å². The molecule has 0 spiro atoms. The molecular formula is C22H27NO3S. The Balaban J connectivity index is 1.62. The molecule has 5 heteroatoms. The maximum absolute atomic E-state index is 12.9. The molecule has 1 aliphatic heterocycles. The average Bonchev–Trinajstić information content (AvgIpc) is 2.68. The number of ether oxygens (including phenoxy) is 2. The first-order chi connectivity index (χ1) is 13.0. The molecule has 2 unspecified atom stereocenters. The summed E-state index contributed by atoms with van der Waals surface area (Å²) in [5, 5.41) is 3.07. The summed E-state index contributed by atoms with van der Waals surface area (Å²) >= 11 is 1.69. The molecule has 0 radical (unpaired) electrons. The van der Waals surface area contributed by atoms with Crippen LogP contribution in [0.5, 0.6) is 11.5 Å². The molecule has 1 amide bonds. The molecule has 0 saturated heterocycles. The second kappa shape index (κ2) is 9.18. The van der Waals surface area contributed by atoms with Crippen LogP contribution in [-0.4, -0.2) is 24.4 Å². The van der Waals surface area contributed by atoms with Crippen molar-refractivity contribution < 1.29 is 14.3 Å². The Hall–Kier alpha value is -2.14. The van der Waals surface area contributed by atoms with Gasteiger partial charge in [-0.25, -0.2) is 0 Å². The lowest BCUT2D eigenvalue weighted by Crippen LogP contribution is -2.37. The van der Waals surface area contributed by atoms with E-state index in [1.807, 2.05) is 43.3 Å². The van der Waals surface area contributed by atoms with Gasteiger partial charge in [-0.05, 0) is 36.1 Å². The minimum absolute atomic E-state index is 0.0771. The summed E-state index contributed by atoms with van der Waals surface area (Å²) in [5.74, 6) is 2.68. The van der Waals surface area contributed by atoms with Crippen molar-refractivity contribution in [2.45, 2.75) is 37.8 Å². The minimum atomic E-state index is -0.0927. The average molecular weight is 386 g/mol. The van der Waals surface area contributed by atoms with E-state index in [9.17, 15) is 4.79 Å². The zero-order valence-electron chi connectivity index (χ0n) is 16.1. The van der Waals surface area contributed by atoms with Gasteiger partial charge in [0.2, 0.25) is 5.91 Å². The Labute approximate surface area is 165 Å². The maximum Gasteiger partial charge on any atom is 0.233 e. The maximum atomic E-state index is 12.9. The number of rotatable bonds is 7. The van der Waals surface area contributed by atoms with Crippen LogP contribution >= 0.6 is 11.8 Å². The van der Waals surface area contributed by atoms with Crippen molar-refractivity contribution in [1.82, 2.24) is 5.32 Å². The number of hydrogen-bond donors (Lipinski definition) is 1. The highest BCUT2D eigenvalue weighted by Gasteiger charge is 2.25. The van der Waals surface area contributed by atoms with Crippen molar-refractivity contribution in [2.24, 2.45) is 5.92 Å². The smallest absolute Gasteiger partial charge is 0.233 e. The van der Waals surface area contributed by atoms with Crippen molar-refractivity contribution in [3.63, 3.8) is 0 Å². The molecule has 0 bridgehead atoms. The van der Waals surface area contributed by atoms with Gasteiger partial charge in [0.05, 0.1) is 11.3 Å². The predicted molar refractivity (Wildman–Crippen MR) is 110 cm³/mol. The second-order valence-corrected chi connectivity index (χ2v) is 8.22. The van der Waals surface area contributed by atoms with Gasteiger partial charge < -0.3 is 14.8 Å². The number of thioether (sulfide) groups is 1. The topological polar surface area (TPSA) is 47.6 Å². The third-order valence-electron chi connectivity index (χ3n) is 4.56. The first kappa shape index (κ1) is 19.6. The molecule has 2 aromatic rings. The SMILES string of the molecule is CC(NC(=O)C(SCc1ccccc1)C(C)C)c1ccc2c(c1)OCCO2. The number of fused-ring (bicyclic) bond motifs is 1. The van der Waals surface area contributed by atoms with Crippen LogP contribution in [0.2, 0.25) is 0 Å². The molecule has 0 fully saturated rings. The molecule has 2 atom stereocenters. The molecular weight excluding hydrogens is 358 g/mol. The van der Waals surface area contributed by atoms with Crippen LogP contribution in [0.4, 0.5) is 0 Å². The highest BCUT2D eigenvalue weighted by atomic mass is 32.2. The van der Waals surface area contributed by atoms with Crippen LogP contribution in [-0.2, 0) is 10.5 Å². The first-order valence-electron chi connectivity index (χ1n) is 9.40. The van der Waals surface area contributed by atoms with E-state index in [0.717, 1.165) is 22.8 Å². The third-order valence-corrected chi connectivity index (χ3v) is 6.18. The van der Waals surface area contributed by atoms with E-state index in [1.165, 1.54) is 5.56 Å². The van der Waals surface area contributed by atoms with Crippen molar-refractivity contribution >= 4 is 17.7 Å². The van der Waals surface area contributed by atoms with Gasteiger partial charge in [-0.2, -0.15) is 0 Å². The van der Waals surface area contributed by atoms with Crippen LogP contribution in [0.1, 0.15) is 37.9 Å². The number of carbonyl (C=O) groups excluding carboxylic acids is 1. The summed E-state index contributed by atoms with van der Waals surface area (Å²) in [6.45, 7) is 7.33. The van der Waals surface area contributed by atoms with E-state index in [1.54, 1.807) is 11.8 Å². The molecule has 2 aromatic carbocycles. The fourth-order valence-electron chi connectivity index (χ4n) is 3.04. The summed E-state index contributed by atoms with van der Waals surface area (Å²) in [5.41, 5.74) is 2.25. The van der Waals surface area contributed by atoms with Crippen LogP contribution in [0.3, 0.4) is 0 Å². The van der Waals surface area contributed by atoms with Crippen molar-refractivity contribution in [1.29, 1.82) is 0 Å². The Kier molecular flexibility index (Phi) is 6.67. The number of carbonyl (C=O) groups is 1. The van der Waals surface area contributed by atoms with E-state index < -0.39 is 0 Å². The number of benzene rings is 2. The quantitative estimate of drug-likeness (QED) is 0.757. The molecule has 144 valence electrons. The van der Waals surface area contributed by atoms with Gasteiger partial charge in [-0.15, -0.1) is 11.8 Å². The Bertz CT molecular complexity index is 763. The zero-order chi connectivity index (χ0) is 19.2. The summed E-state index contributed by atoms with van der Waals surface area (Å²) < 4.78 is 11.2. The largest absolute Gasteiger partial charge is 0.486 e. The Morgan fingerprint density at radius 3 is 2.44 bits per heavy atom. The first-order valence-corrected chi connectivity index (χ1v) is 10.4. The predicted octanol–water partition coefficient (Wildman–Crippen LogP) is 4.59. The van der Waals surface area contributed by atoms with Gasteiger partial charge in [-0.1, -0.05) is 50.2 Å². The van der Waals surface area contributed by atoms with Crippen LogP contribution in [0.15, 0.2) is 48.5 Å². The van der Waals surface area contributed by atoms with Gasteiger partial charge in [0.1, 0.15) is 13.2 Å². The lowest BCUT2D eigenvalue weighted by molar-refractivity contribution is -0.121.